The Morgan fingerprint density at radius 2 is 1.84 bits per heavy atom. The molecule has 0 aromatic heterocycles. The molecule has 1 saturated heterocycles. The van der Waals surface area contributed by atoms with E-state index in [0.29, 0.717) is 5.75 Å². The Balaban J connectivity index is 1.50. The summed E-state index contributed by atoms with van der Waals surface area (Å²) in [6, 6.07) is 15.8. The van der Waals surface area contributed by atoms with Gasteiger partial charge in [-0.3, -0.25) is 0 Å². The van der Waals surface area contributed by atoms with E-state index < -0.39 is 0 Å². The number of para-hydroxylation sites is 1. The summed E-state index contributed by atoms with van der Waals surface area (Å²) >= 11 is 0. The van der Waals surface area contributed by atoms with E-state index in [1.165, 1.54) is 31.5 Å². The van der Waals surface area contributed by atoms with E-state index in [9.17, 15) is 5.11 Å². The van der Waals surface area contributed by atoms with Crippen LogP contribution < -0.4 is 4.74 Å². The molecule has 1 N–H and O–H groups in total. The molecule has 134 valence electrons. The molecule has 0 aliphatic carbocycles. The highest BCUT2D eigenvalue weighted by atomic mass is 16.5. The predicted molar refractivity (Wildman–Crippen MR) is 102 cm³/mol. The van der Waals surface area contributed by atoms with Crippen molar-refractivity contribution in [2.75, 3.05) is 26.7 Å². The molecule has 2 aromatic rings. The SMILES string of the molecule is CN1CCC(CCOc2ccccc2CCc2cccc(O)c2)CC1. The molecule has 3 heteroatoms. The van der Waals surface area contributed by atoms with Gasteiger partial charge in [0.25, 0.3) is 0 Å². The van der Waals surface area contributed by atoms with Crippen LogP contribution in [0.4, 0.5) is 0 Å². The van der Waals surface area contributed by atoms with Gasteiger partial charge >= 0.3 is 0 Å². The van der Waals surface area contributed by atoms with Gasteiger partial charge in [0.2, 0.25) is 0 Å². The van der Waals surface area contributed by atoms with Gasteiger partial charge in [0.1, 0.15) is 11.5 Å². The van der Waals surface area contributed by atoms with Crippen molar-refractivity contribution in [1.29, 1.82) is 0 Å². The van der Waals surface area contributed by atoms with E-state index in [2.05, 4.69) is 36.2 Å². The third kappa shape index (κ3) is 5.50. The number of hydrogen-bond acceptors (Lipinski definition) is 3. The van der Waals surface area contributed by atoms with Crippen molar-refractivity contribution in [3.63, 3.8) is 0 Å². The van der Waals surface area contributed by atoms with Gasteiger partial charge in [0.05, 0.1) is 6.61 Å². The molecule has 0 atom stereocenters. The standard InChI is InChI=1S/C22H29NO2/c1-23-14-11-18(12-15-23)13-16-25-22-8-3-2-6-20(22)10-9-19-5-4-7-21(24)17-19/h2-8,17-18,24H,9-16H2,1H3. The van der Waals surface area contributed by atoms with E-state index in [-0.39, 0.29) is 0 Å². The van der Waals surface area contributed by atoms with Gasteiger partial charge in [-0.25, -0.2) is 0 Å². The van der Waals surface area contributed by atoms with Gasteiger partial charge < -0.3 is 14.7 Å². The summed E-state index contributed by atoms with van der Waals surface area (Å²) in [6.07, 6.45) is 5.56. The minimum Gasteiger partial charge on any atom is -0.508 e. The van der Waals surface area contributed by atoms with E-state index >= 15 is 0 Å². The maximum Gasteiger partial charge on any atom is 0.122 e. The zero-order valence-corrected chi connectivity index (χ0v) is 15.2. The molecule has 1 aliphatic rings. The fourth-order valence-corrected chi connectivity index (χ4v) is 3.53. The lowest BCUT2D eigenvalue weighted by atomic mass is 9.94. The van der Waals surface area contributed by atoms with Gasteiger partial charge in [-0.2, -0.15) is 0 Å². The average molecular weight is 339 g/mol. The minimum atomic E-state index is 0.333. The fourth-order valence-electron chi connectivity index (χ4n) is 3.53. The van der Waals surface area contributed by atoms with Crippen molar-refractivity contribution >= 4 is 0 Å². The van der Waals surface area contributed by atoms with Crippen LogP contribution in [0.3, 0.4) is 0 Å². The maximum absolute atomic E-state index is 9.59. The number of aryl methyl sites for hydroxylation is 2. The smallest absolute Gasteiger partial charge is 0.122 e. The highest BCUT2D eigenvalue weighted by molar-refractivity contribution is 5.35. The van der Waals surface area contributed by atoms with Crippen LogP contribution in [-0.4, -0.2) is 36.8 Å². The lowest BCUT2D eigenvalue weighted by molar-refractivity contribution is 0.187. The Morgan fingerprint density at radius 3 is 2.64 bits per heavy atom. The monoisotopic (exact) mass is 339 g/mol. The molecule has 0 radical (unpaired) electrons. The quantitative estimate of drug-likeness (QED) is 0.817. The first kappa shape index (κ1) is 17.8. The number of ether oxygens (including phenoxy) is 1. The number of phenols is 1. The molecule has 0 bridgehead atoms. The van der Waals surface area contributed by atoms with Crippen molar-refractivity contribution in [2.24, 2.45) is 5.92 Å². The second-order valence-electron chi connectivity index (χ2n) is 7.16. The number of aromatic hydroxyl groups is 1. The summed E-state index contributed by atoms with van der Waals surface area (Å²) in [5.41, 5.74) is 2.40. The lowest BCUT2D eigenvalue weighted by Gasteiger charge is -2.28. The van der Waals surface area contributed by atoms with Crippen molar-refractivity contribution in [3.8, 4) is 11.5 Å². The van der Waals surface area contributed by atoms with Crippen LogP contribution in [0.2, 0.25) is 0 Å². The highest BCUT2D eigenvalue weighted by Crippen LogP contribution is 2.23. The first-order chi connectivity index (χ1) is 12.2. The summed E-state index contributed by atoms with van der Waals surface area (Å²) in [7, 11) is 2.20. The van der Waals surface area contributed by atoms with Gasteiger partial charge in [0, 0.05) is 0 Å². The average Bonchev–Trinajstić information content (AvgIpc) is 2.63. The van der Waals surface area contributed by atoms with Crippen LogP contribution in [0.15, 0.2) is 48.5 Å². The second kappa shape index (κ2) is 8.91. The molecule has 1 fully saturated rings. The zero-order chi connectivity index (χ0) is 17.5. The molecule has 2 aromatic carbocycles. The summed E-state index contributed by atoms with van der Waals surface area (Å²) < 4.78 is 6.12. The topological polar surface area (TPSA) is 32.7 Å². The Labute approximate surface area is 151 Å². The third-order valence-electron chi connectivity index (χ3n) is 5.19. The van der Waals surface area contributed by atoms with Crippen molar-refractivity contribution in [1.82, 2.24) is 4.90 Å². The largest absolute Gasteiger partial charge is 0.508 e. The number of nitrogens with zero attached hydrogens (tertiary/aromatic N) is 1. The predicted octanol–water partition coefficient (Wildman–Crippen LogP) is 4.29. The molecular formula is C22H29NO2. The molecule has 1 heterocycles. The minimum absolute atomic E-state index is 0.333. The number of hydrogen-bond donors (Lipinski definition) is 1. The van der Waals surface area contributed by atoms with Gasteiger partial charge in [-0.1, -0.05) is 30.3 Å². The van der Waals surface area contributed by atoms with E-state index in [1.54, 1.807) is 6.07 Å². The molecule has 0 amide bonds. The third-order valence-corrected chi connectivity index (χ3v) is 5.19. The number of likely N-dealkylation sites (tertiary alicyclic amines) is 1. The molecule has 25 heavy (non-hydrogen) atoms. The summed E-state index contributed by atoms with van der Waals surface area (Å²) in [5, 5.41) is 9.59. The first-order valence-electron chi connectivity index (χ1n) is 9.38. The molecular weight excluding hydrogens is 310 g/mol. The van der Waals surface area contributed by atoms with Gasteiger partial charge in [-0.05, 0) is 87.5 Å². The Kier molecular flexibility index (Phi) is 6.35. The van der Waals surface area contributed by atoms with Crippen molar-refractivity contribution in [2.45, 2.75) is 32.1 Å². The summed E-state index contributed by atoms with van der Waals surface area (Å²) in [4.78, 5) is 2.41. The number of piperidine rings is 1. The molecule has 0 saturated carbocycles. The summed E-state index contributed by atoms with van der Waals surface area (Å²) in [6.45, 7) is 3.23. The van der Waals surface area contributed by atoms with Crippen LogP contribution in [0, 0.1) is 5.92 Å². The van der Waals surface area contributed by atoms with Crippen molar-refractivity contribution < 1.29 is 9.84 Å². The van der Waals surface area contributed by atoms with Gasteiger partial charge in [-0.15, -0.1) is 0 Å². The molecule has 0 unspecified atom stereocenters. The van der Waals surface area contributed by atoms with Gasteiger partial charge in [0.15, 0.2) is 0 Å². The Morgan fingerprint density at radius 1 is 1.04 bits per heavy atom. The van der Waals surface area contributed by atoms with Crippen LogP contribution in [-0.2, 0) is 12.8 Å². The number of rotatable bonds is 7. The van der Waals surface area contributed by atoms with E-state index in [4.69, 9.17) is 4.74 Å². The van der Waals surface area contributed by atoms with E-state index in [0.717, 1.165) is 43.1 Å². The molecule has 3 nitrogen and oxygen atoms in total. The van der Waals surface area contributed by atoms with Crippen LogP contribution in [0.25, 0.3) is 0 Å². The van der Waals surface area contributed by atoms with Crippen LogP contribution in [0.1, 0.15) is 30.4 Å². The Bertz CT molecular complexity index is 663. The van der Waals surface area contributed by atoms with E-state index in [1.807, 2.05) is 18.2 Å². The number of phenolic OH excluding ortho intramolecular Hbond substituents is 1. The Hall–Kier alpha value is -2.00. The normalized spacial score (nSPS) is 16.0. The lowest BCUT2D eigenvalue weighted by Crippen LogP contribution is -2.30. The molecule has 3 rings (SSSR count). The number of benzene rings is 2. The maximum atomic E-state index is 9.59. The fraction of sp³-hybridized carbons (Fsp3) is 0.455. The van der Waals surface area contributed by atoms with Crippen LogP contribution in [0.5, 0.6) is 11.5 Å². The molecule has 1 aliphatic heterocycles. The first-order valence-corrected chi connectivity index (χ1v) is 9.38. The zero-order valence-electron chi connectivity index (χ0n) is 15.2. The van der Waals surface area contributed by atoms with Crippen LogP contribution >= 0.6 is 0 Å². The molecule has 0 spiro atoms. The highest BCUT2D eigenvalue weighted by Gasteiger charge is 2.16. The summed E-state index contributed by atoms with van der Waals surface area (Å²) in [5.74, 6) is 2.14. The second-order valence-corrected chi connectivity index (χ2v) is 7.16. The van der Waals surface area contributed by atoms with Crippen molar-refractivity contribution in [3.05, 3.63) is 59.7 Å².